The molecule has 0 aliphatic carbocycles. The van der Waals surface area contributed by atoms with Crippen molar-refractivity contribution in [1.82, 2.24) is 4.90 Å². The zero-order chi connectivity index (χ0) is 11.4. The fraction of sp³-hybridized carbons (Fsp3) is 0.700. The number of rotatable bonds is 1. The predicted molar refractivity (Wildman–Crippen MR) is 52.0 cm³/mol. The second-order valence-electron chi connectivity index (χ2n) is 3.61. The van der Waals surface area contributed by atoms with Gasteiger partial charge in [-0.3, -0.25) is 14.4 Å². The molecule has 0 aromatic carbocycles. The van der Waals surface area contributed by atoms with E-state index in [0.29, 0.717) is 19.4 Å². The molecule has 0 aromatic rings. The molecule has 0 bridgehead atoms. The molecule has 0 spiro atoms. The Kier molecular flexibility index (Phi) is 3.82. The van der Waals surface area contributed by atoms with Crippen LogP contribution in [0.4, 0.5) is 0 Å². The van der Waals surface area contributed by atoms with Crippen molar-refractivity contribution in [2.24, 2.45) is 5.92 Å². The van der Waals surface area contributed by atoms with Crippen LogP contribution in [0.5, 0.6) is 0 Å². The van der Waals surface area contributed by atoms with Gasteiger partial charge in [0.15, 0.2) is 0 Å². The maximum Gasteiger partial charge on any atom is 0.318 e. The third-order valence-corrected chi connectivity index (χ3v) is 2.57. The number of Topliss-reactive ketones (excluding diaryl/α,β-unsaturated/α-hetero) is 1. The molecule has 0 saturated carbocycles. The molecule has 5 heteroatoms. The van der Waals surface area contributed by atoms with Gasteiger partial charge in [0.05, 0.1) is 7.11 Å². The van der Waals surface area contributed by atoms with Gasteiger partial charge in [0.1, 0.15) is 11.7 Å². The molecule has 1 aliphatic rings. The molecule has 15 heavy (non-hydrogen) atoms. The van der Waals surface area contributed by atoms with E-state index in [1.807, 2.05) is 0 Å². The maximum absolute atomic E-state index is 11.5. The summed E-state index contributed by atoms with van der Waals surface area (Å²) in [4.78, 5) is 35.6. The van der Waals surface area contributed by atoms with Crippen molar-refractivity contribution in [1.29, 1.82) is 0 Å². The van der Waals surface area contributed by atoms with Crippen LogP contribution in [-0.2, 0) is 19.1 Å². The predicted octanol–water partition coefficient (Wildman–Crippen LogP) is -0.0130. The smallest absolute Gasteiger partial charge is 0.318 e. The first-order valence-corrected chi connectivity index (χ1v) is 4.92. The van der Waals surface area contributed by atoms with Gasteiger partial charge in [-0.25, -0.2) is 0 Å². The lowest BCUT2D eigenvalue weighted by atomic mass is 10.0. The van der Waals surface area contributed by atoms with E-state index in [1.54, 1.807) is 0 Å². The first-order valence-electron chi connectivity index (χ1n) is 4.92. The van der Waals surface area contributed by atoms with Gasteiger partial charge in [-0.05, 0) is 6.42 Å². The summed E-state index contributed by atoms with van der Waals surface area (Å²) in [6.45, 7) is 2.12. The highest BCUT2D eigenvalue weighted by atomic mass is 16.5. The summed E-state index contributed by atoms with van der Waals surface area (Å²) in [5, 5.41) is 0. The van der Waals surface area contributed by atoms with Gasteiger partial charge in [-0.1, -0.05) is 0 Å². The molecule has 0 radical (unpaired) electrons. The van der Waals surface area contributed by atoms with Crippen LogP contribution in [0.15, 0.2) is 0 Å². The second kappa shape index (κ2) is 4.91. The Labute approximate surface area is 88.4 Å². The average Bonchev–Trinajstić information content (AvgIpc) is 2.39. The number of ether oxygens (including phenoxy) is 1. The number of ketones is 1. The molecule has 1 saturated heterocycles. The molecule has 5 nitrogen and oxygen atoms in total. The molecule has 1 aliphatic heterocycles. The largest absolute Gasteiger partial charge is 0.468 e. The van der Waals surface area contributed by atoms with Crippen molar-refractivity contribution in [3.05, 3.63) is 0 Å². The van der Waals surface area contributed by atoms with E-state index in [0.717, 1.165) is 0 Å². The minimum absolute atomic E-state index is 0.112. The zero-order valence-corrected chi connectivity index (χ0v) is 8.99. The minimum Gasteiger partial charge on any atom is -0.468 e. The van der Waals surface area contributed by atoms with Crippen molar-refractivity contribution < 1.29 is 19.1 Å². The fourth-order valence-electron chi connectivity index (χ4n) is 1.67. The van der Waals surface area contributed by atoms with Crippen molar-refractivity contribution in [2.45, 2.75) is 19.8 Å². The highest BCUT2D eigenvalue weighted by Crippen LogP contribution is 2.14. The number of hydrogen-bond acceptors (Lipinski definition) is 4. The van der Waals surface area contributed by atoms with Crippen LogP contribution < -0.4 is 0 Å². The van der Waals surface area contributed by atoms with Crippen LogP contribution in [0, 0.1) is 5.92 Å². The second-order valence-corrected chi connectivity index (χ2v) is 3.61. The van der Waals surface area contributed by atoms with Crippen LogP contribution in [0.1, 0.15) is 19.8 Å². The summed E-state index contributed by atoms with van der Waals surface area (Å²) in [5.41, 5.74) is 0. The van der Waals surface area contributed by atoms with Crippen LogP contribution in [0.3, 0.4) is 0 Å². The summed E-state index contributed by atoms with van der Waals surface area (Å²) >= 11 is 0. The standard InChI is InChI=1S/C10H15NO4/c1-7(12)11-5-3-4-9(13)8(6-11)10(14)15-2/h8H,3-6H2,1-2H3. The molecule has 1 amide bonds. The van der Waals surface area contributed by atoms with Gasteiger partial charge < -0.3 is 9.64 Å². The van der Waals surface area contributed by atoms with E-state index in [9.17, 15) is 14.4 Å². The van der Waals surface area contributed by atoms with E-state index < -0.39 is 11.9 Å². The number of esters is 1. The van der Waals surface area contributed by atoms with E-state index in [2.05, 4.69) is 4.74 Å². The highest BCUT2D eigenvalue weighted by molar-refractivity contribution is 5.99. The van der Waals surface area contributed by atoms with Crippen molar-refractivity contribution >= 4 is 17.7 Å². The molecule has 1 atom stereocenters. The van der Waals surface area contributed by atoms with Crippen LogP contribution in [0.25, 0.3) is 0 Å². The summed E-state index contributed by atoms with van der Waals surface area (Å²) < 4.78 is 4.55. The SMILES string of the molecule is COC(=O)C1CN(C(C)=O)CCCC1=O. The summed E-state index contributed by atoms with van der Waals surface area (Å²) in [6, 6.07) is 0. The first kappa shape index (κ1) is 11.7. The Hall–Kier alpha value is -1.39. The summed E-state index contributed by atoms with van der Waals surface area (Å²) in [6.07, 6.45) is 0.954. The summed E-state index contributed by atoms with van der Waals surface area (Å²) in [7, 11) is 1.25. The van der Waals surface area contributed by atoms with Crippen LogP contribution in [0.2, 0.25) is 0 Å². The molecule has 1 unspecified atom stereocenters. The molecular weight excluding hydrogens is 198 g/mol. The Balaban J connectivity index is 2.77. The van der Waals surface area contributed by atoms with Gasteiger partial charge in [0.2, 0.25) is 5.91 Å². The molecule has 1 heterocycles. The zero-order valence-electron chi connectivity index (χ0n) is 8.99. The van der Waals surface area contributed by atoms with Gasteiger partial charge in [0.25, 0.3) is 0 Å². The normalized spacial score (nSPS) is 22.1. The molecule has 84 valence electrons. The van der Waals surface area contributed by atoms with Gasteiger partial charge in [0, 0.05) is 26.4 Å². The van der Waals surface area contributed by atoms with E-state index in [4.69, 9.17) is 0 Å². The summed E-state index contributed by atoms with van der Waals surface area (Å²) in [5.74, 6) is -1.60. The number of likely N-dealkylation sites (tertiary alicyclic amines) is 1. The molecule has 1 rings (SSSR count). The Morgan fingerprint density at radius 2 is 2.13 bits per heavy atom. The minimum atomic E-state index is -0.804. The third kappa shape index (κ3) is 2.78. The number of nitrogens with zero attached hydrogens (tertiary/aromatic N) is 1. The molecular formula is C10H15NO4. The first-order chi connectivity index (χ1) is 7.06. The quantitative estimate of drug-likeness (QED) is 0.454. The number of hydrogen-bond donors (Lipinski definition) is 0. The highest BCUT2D eigenvalue weighted by Gasteiger charge is 2.32. The average molecular weight is 213 g/mol. The third-order valence-electron chi connectivity index (χ3n) is 2.57. The Morgan fingerprint density at radius 3 is 2.67 bits per heavy atom. The van der Waals surface area contributed by atoms with Gasteiger partial charge in [-0.2, -0.15) is 0 Å². The van der Waals surface area contributed by atoms with Crippen molar-refractivity contribution in [3.8, 4) is 0 Å². The molecule has 0 aromatic heterocycles. The van der Waals surface area contributed by atoms with E-state index in [-0.39, 0.29) is 18.2 Å². The molecule has 1 fully saturated rings. The fourth-order valence-corrected chi connectivity index (χ4v) is 1.67. The number of methoxy groups -OCH3 is 1. The lowest BCUT2D eigenvalue weighted by molar-refractivity contribution is -0.150. The topological polar surface area (TPSA) is 63.7 Å². The lowest BCUT2D eigenvalue weighted by Crippen LogP contribution is -2.38. The van der Waals surface area contributed by atoms with Crippen molar-refractivity contribution in [3.63, 3.8) is 0 Å². The van der Waals surface area contributed by atoms with Crippen LogP contribution >= 0.6 is 0 Å². The van der Waals surface area contributed by atoms with Gasteiger partial charge in [-0.15, -0.1) is 0 Å². The van der Waals surface area contributed by atoms with E-state index in [1.165, 1.54) is 18.9 Å². The number of carbonyl (C=O) groups excluding carboxylic acids is 3. The van der Waals surface area contributed by atoms with Crippen molar-refractivity contribution in [2.75, 3.05) is 20.2 Å². The molecule has 0 N–H and O–H groups in total. The number of carbonyl (C=O) groups is 3. The maximum atomic E-state index is 11.5. The van der Waals surface area contributed by atoms with Gasteiger partial charge >= 0.3 is 5.97 Å². The Bertz CT molecular complexity index is 287. The Morgan fingerprint density at radius 1 is 1.47 bits per heavy atom. The number of amides is 1. The lowest BCUT2D eigenvalue weighted by Gasteiger charge is -2.20. The monoisotopic (exact) mass is 213 g/mol. The van der Waals surface area contributed by atoms with E-state index >= 15 is 0 Å². The van der Waals surface area contributed by atoms with Crippen LogP contribution in [-0.4, -0.2) is 42.8 Å².